The number of ether oxygens (including phenoxy) is 2. The Morgan fingerprint density at radius 1 is 0.952 bits per heavy atom. The average Bonchev–Trinajstić information content (AvgIpc) is 3.52. The smallest absolute Gasteiger partial charge is 0.264 e. The van der Waals surface area contributed by atoms with Crippen molar-refractivity contribution in [3.8, 4) is 11.5 Å². The minimum absolute atomic E-state index is 0.0271. The van der Waals surface area contributed by atoms with Gasteiger partial charge in [-0.25, -0.2) is 12.8 Å². The van der Waals surface area contributed by atoms with Gasteiger partial charge in [0.1, 0.15) is 29.9 Å². The molecule has 0 bridgehead atoms. The van der Waals surface area contributed by atoms with E-state index in [4.69, 9.17) is 9.47 Å². The van der Waals surface area contributed by atoms with Crippen LogP contribution >= 0.6 is 0 Å². The fraction of sp³-hybridized carbons (Fsp3) is 0.355. The lowest BCUT2D eigenvalue weighted by Gasteiger charge is -2.32. The number of nitrogens with zero attached hydrogens (tertiary/aromatic N) is 2. The lowest BCUT2D eigenvalue weighted by Crippen LogP contribution is -2.52. The van der Waals surface area contributed by atoms with E-state index in [1.54, 1.807) is 31.2 Å². The molecule has 42 heavy (non-hydrogen) atoms. The zero-order valence-electron chi connectivity index (χ0n) is 24.0. The normalized spacial score (nSPS) is 14.2. The number of halogens is 1. The summed E-state index contributed by atoms with van der Waals surface area (Å²) in [7, 11) is -1.40. The number of hydrogen-bond donors (Lipinski definition) is 1. The summed E-state index contributed by atoms with van der Waals surface area (Å²) < 4.78 is 53.3. The molecular formula is C31H36FN3O6S. The van der Waals surface area contributed by atoms with Crippen LogP contribution in [0.1, 0.15) is 38.2 Å². The van der Waals surface area contributed by atoms with Crippen LogP contribution < -0.4 is 19.1 Å². The van der Waals surface area contributed by atoms with Gasteiger partial charge in [0, 0.05) is 12.6 Å². The molecule has 11 heteroatoms. The van der Waals surface area contributed by atoms with Crippen molar-refractivity contribution in [2.75, 3.05) is 25.1 Å². The van der Waals surface area contributed by atoms with Crippen molar-refractivity contribution in [1.29, 1.82) is 0 Å². The Morgan fingerprint density at radius 2 is 1.60 bits per heavy atom. The van der Waals surface area contributed by atoms with E-state index in [0.29, 0.717) is 11.3 Å². The molecule has 1 aliphatic rings. The molecule has 0 aliphatic heterocycles. The topological polar surface area (TPSA) is 105 Å². The lowest BCUT2D eigenvalue weighted by atomic mass is 10.1. The number of para-hydroxylation sites is 2. The van der Waals surface area contributed by atoms with Crippen LogP contribution in [0.5, 0.6) is 11.5 Å². The monoisotopic (exact) mass is 597 g/mol. The minimum atomic E-state index is -4.28. The van der Waals surface area contributed by atoms with Crippen molar-refractivity contribution in [3.63, 3.8) is 0 Å². The van der Waals surface area contributed by atoms with Crippen molar-refractivity contribution in [3.05, 3.63) is 84.2 Å². The van der Waals surface area contributed by atoms with E-state index in [2.05, 4.69) is 5.32 Å². The van der Waals surface area contributed by atoms with Crippen LogP contribution in [0.4, 0.5) is 10.1 Å². The molecule has 1 N–H and O–H groups in total. The van der Waals surface area contributed by atoms with Crippen LogP contribution in [-0.2, 0) is 26.2 Å². The molecule has 3 aromatic carbocycles. The predicted molar refractivity (Wildman–Crippen MR) is 157 cm³/mol. The van der Waals surface area contributed by atoms with Crippen molar-refractivity contribution >= 4 is 27.5 Å². The van der Waals surface area contributed by atoms with Gasteiger partial charge in [0.2, 0.25) is 11.8 Å². The molecule has 0 spiro atoms. The number of hydrogen-bond acceptors (Lipinski definition) is 6. The number of carbonyl (C=O) groups is 2. The van der Waals surface area contributed by atoms with E-state index < -0.39 is 34.3 Å². The van der Waals surface area contributed by atoms with Crippen molar-refractivity contribution < 1.29 is 31.9 Å². The molecule has 0 heterocycles. The second-order valence-corrected chi connectivity index (χ2v) is 12.0. The summed E-state index contributed by atoms with van der Waals surface area (Å²) in [5, 5.41) is 3.02. The van der Waals surface area contributed by atoms with E-state index >= 15 is 0 Å². The Balaban J connectivity index is 1.71. The van der Waals surface area contributed by atoms with Gasteiger partial charge in [-0.05, 0) is 73.9 Å². The number of sulfonamides is 1. The standard InChI is InChI=1S/C31H36FN3O6S/c1-22(31(37)33-25-8-4-5-9-25)34(20-23-12-14-24(32)15-13-23)30(36)21-35(28-10-6-7-11-29(28)41-3)42(38,39)27-18-16-26(40-2)17-19-27/h6-7,10-19,22,25H,4-5,8-9,20-21H2,1-3H3,(H,33,37)/t22-/m1/s1. The molecule has 0 radical (unpaired) electrons. The maximum absolute atomic E-state index is 14.1. The quantitative estimate of drug-likeness (QED) is 0.329. The highest BCUT2D eigenvalue weighted by Gasteiger charge is 2.34. The average molecular weight is 598 g/mol. The van der Waals surface area contributed by atoms with Crippen molar-refractivity contribution in [2.24, 2.45) is 0 Å². The summed E-state index contributed by atoms with van der Waals surface area (Å²) in [6.45, 7) is 0.967. The van der Waals surface area contributed by atoms with Crippen molar-refractivity contribution in [2.45, 2.75) is 56.1 Å². The molecular weight excluding hydrogens is 561 g/mol. The molecule has 0 saturated heterocycles. The third-order valence-electron chi connectivity index (χ3n) is 7.42. The zero-order chi connectivity index (χ0) is 30.3. The lowest BCUT2D eigenvalue weighted by molar-refractivity contribution is -0.139. The first-order valence-corrected chi connectivity index (χ1v) is 15.2. The highest BCUT2D eigenvalue weighted by Crippen LogP contribution is 2.33. The molecule has 2 amide bonds. The van der Waals surface area contributed by atoms with Gasteiger partial charge in [-0.1, -0.05) is 37.1 Å². The number of anilines is 1. The second-order valence-electron chi connectivity index (χ2n) is 10.2. The van der Waals surface area contributed by atoms with Gasteiger partial charge >= 0.3 is 0 Å². The van der Waals surface area contributed by atoms with Gasteiger partial charge in [-0.15, -0.1) is 0 Å². The second kappa shape index (κ2) is 13.7. The largest absolute Gasteiger partial charge is 0.497 e. The van der Waals surface area contributed by atoms with Crippen LogP contribution in [0.25, 0.3) is 0 Å². The summed E-state index contributed by atoms with van der Waals surface area (Å²) >= 11 is 0. The number of nitrogens with one attached hydrogen (secondary N) is 1. The van der Waals surface area contributed by atoms with Crippen LogP contribution in [0.15, 0.2) is 77.7 Å². The third-order valence-corrected chi connectivity index (χ3v) is 9.19. The SMILES string of the molecule is COc1ccc(S(=O)(=O)N(CC(=O)N(Cc2ccc(F)cc2)[C@H](C)C(=O)NC2CCCC2)c2ccccc2OC)cc1. The van der Waals surface area contributed by atoms with E-state index in [0.717, 1.165) is 30.0 Å². The molecule has 1 fully saturated rings. The summed E-state index contributed by atoms with van der Waals surface area (Å²) in [5.41, 5.74) is 0.751. The molecule has 1 aliphatic carbocycles. The van der Waals surface area contributed by atoms with E-state index in [1.165, 1.54) is 67.7 Å². The van der Waals surface area contributed by atoms with Gasteiger partial charge in [-0.2, -0.15) is 0 Å². The van der Waals surface area contributed by atoms with Gasteiger partial charge in [0.25, 0.3) is 10.0 Å². The Morgan fingerprint density at radius 3 is 2.21 bits per heavy atom. The number of rotatable bonds is 12. The van der Waals surface area contributed by atoms with Crippen LogP contribution in [-0.4, -0.2) is 58.0 Å². The summed E-state index contributed by atoms with van der Waals surface area (Å²) in [6, 6.07) is 17.0. The molecule has 0 unspecified atom stereocenters. The summed E-state index contributed by atoms with van der Waals surface area (Å²) in [5.74, 6) is -0.659. The van der Waals surface area contributed by atoms with Gasteiger partial charge in [0.15, 0.2) is 0 Å². The fourth-order valence-corrected chi connectivity index (χ4v) is 6.41. The van der Waals surface area contributed by atoms with E-state index in [-0.39, 0.29) is 34.8 Å². The number of amides is 2. The molecule has 3 aromatic rings. The first kappa shape index (κ1) is 30.8. The predicted octanol–water partition coefficient (Wildman–Crippen LogP) is 4.51. The molecule has 4 rings (SSSR count). The van der Waals surface area contributed by atoms with Crippen LogP contribution in [0, 0.1) is 5.82 Å². The molecule has 1 atom stereocenters. The molecule has 224 valence electrons. The minimum Gasteiger partial charge on any atom is -0.497 e. The van der Waals surface area contributed by atoms with Gasteiger partial charge in [-0.3, -0.25) is 13.9 Å². The third kappa shape index (κ3) is 7.20. The van der Waals surface area contributed by atoms with Gasteiger partial charge in [0.05, 0.1) is 24.8 Å². The Hall–Kier alpha value is -4.12. The Labute approximate surface area is 246 Å². The van der Waals surface area contributed by atoms with E-state index in [9.17, 15) is 22.4 Å². The molecule has 1 saturated carbocycles. The summed E-state index contributed by atoms with van der Waals surface area (Å²) in [6.07, 6.45) is 3.78. The maximum Gasteiger partial charge on any atom is 0.264 e. The van der Waals surface area contributed by atoms with E-state index in [1.807, 2.05) is 0 Å². The van der Waals surface area contributed by atoms with Crippen LogP contribution in [0.2, 0.25) is 0 Å². The fourth-order valence-electron chi connectivity index (χ4n) is 4.99. The zero-order valence-corrected chi connectivity index (χ0v) is 24.8. The number of carbonyl (C=O) groups excluding carboxylic acids is 2. The highest BCUT2D eigenvalue weighted by molar-refractivity contribution is 7.92. The first-order valence-electron chi connectivity index (χ1n) is 13.8. The molecule has 0 aromatic heterocycles. The number of methoxy groups -OCH3 is 2. The molecule has 9 nitrogen and oxygen atoms in total. The first-order chi connectivity index (χ1) is 20.1. The maximum atomic E-state index is 14.1. The van der Waals surface area contributed by atoms with Crippen molar-refractivity contribution in [1.82, 2.24) is 10.2 Å². The van der Waals surface area contributed by atoms with Gasteiger partial charge < -0.3 is 19.7 Å². The highest BCUT2D eigenvalue weighted by atomic mass is 32.2. The van der Waals surface area contributed by atoms with Crippen LogP contribution in [0.3, 0.4) is 0 Å². The summed E-state index contributed by atoms with van der Waals surface area (Å²) in [4.78, 5) is 28.6. The Kier molecular flexibility index (Phi) is 10.1. The number of benzene rings is 3. The Bertz CT molecular complexity index is 1480.